The van der Waals surface area contributed by atoms with Crippen LogP contribution in [0.3, 0.4) is 0 Å². The van der Waals surface area contributed by atoms with Gasteiger partial charge in [-0.2, -0.15) is 0 Å². The minimum Gasteiger partial charge on any atom is -0.377 e. The summed E-state index contributed by atoms with van der Waals surface area (Å²) in [6.07, 6.45) is 2.90. The Balaban J connectivity index is 1.56. The fourth-order valence-electron chi connectivity index (χ4n) is 4.91. The van der Waals surface area contributed by atoms with Gasteiger partial charge in [-0.3, -0.25) is 9.89 Å². The molecule has 0 aromatic rings. The van der Waals surface area contributed by atoms with Crippen LogP contribution in [-0.4, -0.2) is 74.3 Å². The lowest BCUT2D eigenvalue weighted by atomic mass is 9.55. The number of nitrogens with zero attached hydrogens (tertiary/aromatic N) is 3. The van der Waals surface area contributed by atoms with E-state index in [1.165, 1.54) is 19.4 Å². The molecular formula is C19H36N4O. The van der Waals surface area contributed by atoms with Gasteiger partial charge in [0, 0.05) is 63.8 Å². The first-order chi connectivity index (χ1) is 11.4. The Kier molecular flexibility index (Phi) is 5.40. The number of aliphatic imine (C=N–C) groups is 1. The Hall–Kier alpha value is -0.810. The van der Waals surface area contributed by atoms with Crippen molar-refractivity contribution in [3.63, 3.8) is 0 Å². The van der Waals surface area contributed by atoms with E-state index in [9.17, 15) is 0 Å². The van der Waals surface area contributed by atoms with Crippen molar-refractivity contribution in [2.45, 2.75) is 52.7 Å². The second-order valence-corrected chi connectivity index (χ2v) is 8.77. The molecule has 3 atom stereocenters. The van der Waals surface area contributed by atoms with Crippen molar-refractivity contribution in [2.24, 2.45) is 22.2 Å². The average Bonchev–Trinajstić information content (AvgIpc) is 2.56. The molecule has 0 spiro atoms. The van der Waals surface area contributed by atoms with Gasteiger partial charge in [-0.15, -0.1) is 0 Å². The monoisotopic (exact) mass is 336 g/mol. The highest BCUT2D eigenvalue weighted by molar-refractivity contribution is 5.80. The Morgan fingerprint density at radius 3 is 2.58 bits per heavy atom. The van der Waals surface area contributed by atoms with E-state index in [1.807, 2.05) is 7.05 Å². The molecular weight excluding hydrogens is 300 g/mol. The quantitative estimate of drug-likeness (QED) is 0.632. The molecule has 1 aliphatic carbocycles. The van der Waals surface area contributed by atoms with Crippen LogP contribution in [0.15, 0.2) is 4.99 Å². The Morgan fingerprint density at radius 2 is 1.96 bits per heavy atom. The predicted molar refractivity (Wildman–Crippen MR) is 99.4 cm³/mol. The number of ether oxygens (including phenoxy) is 1. The van der Waals surface area contributed by atoms with Gasteiger partial charge >= 0.3 is 0 Å². The van der Waals surface area contributed by atoms with E-state index in [2.05, 4.69) is 47.8 Å². The zero-order valence-corrected chi connectivity index (χ0v) is 16.2. The van der Waals surface area contributed by atoms with Crippen molar-refractivity contribution in [1.82, 2.24) is 15.1 Å². The number of nitrogens with one attached hydrogen (secondary N) is 1. The van der Waals surface area contributed by atoms with Gasteiger partial charge in [0.1, 0.15) is 0 Å². The van der Waals surface area contributed by atoms with Crippen molar-refractivity contribution in [2.75, 3.05) is 46.4 Å². The lowest BCUT2D eigenvalue weighted by Crippen LogP contribution is -2.71. The standard InChI is InChI=1S/C19H36N4O/c1-14(2)13-22-8-10-23(11-9-22)18(20-5)21-16-15-7-6-12-24-17(15)19(16,3)4/h14-17H,6-13H2,1-5H3,(H,20,21). The number of guanidine groups is 1. The molecule has 138 valence electrons. The summed E-state index contributed by atoms with van der Waals surface area (Å²) in [6, 6.07) is 0.482. The van der Waals surface area contributed by atoms with Crippen LogP contribution in [-0.2, 0) is 4.74 Å². The van der Waals surface area contributed by atoms with E-state index in [-0.39, 0.29) is 5.41 Å². The normalized spacial score (nSPS) is 34.0. The van der Waals surface area contributed by atoms with Crippen LogP contribution >= 0.6 is 0 Å². The van der Waals surface area contributed by atoms with E-state index in [1.54, 1.807) is 0 Å². The third-order valence-corrected chi connectivity index (χ3v) is 6.12. The number of fused-ring (bicyclic) bond motifs is 1. The predicted octanol–water partition coefficient (Wildman–Crippen LogP) is 2.04. The lowest BCUT2D eigenvalue weighted by Gasteiger charge is -2.60. The lowest BCUT2D eigenvalue weighted by molar-refractivity contribution is -0.188. The zero-order chi connectivity index (χ0) is 17.3. The summed E-state index contributed by atoms with van der Waals surface area (Å²) in [4.78, 5) is 9.61. The van der Waals surface area contributed by atoms with E-state index >= 15 is 0 Å². The third-order valence-electron chi connectivity index (χ3n) is 6.12. The van der Waals surface area contributed by atoms with Crippen molar-refractivity contribution in [3.8, 4) is 0 Å². The molecule has 3 aliphatic rings. The molecule has 2 heterocycles. The van der Waals surface area contributed by atoms with Crippen LogP contribution in [0.1, 0.15) is 40.5 Å². The molecule has 3 rings (SSSR count). The molecule has 3 fully saturated rings. The SMILES string of the molecule is CN=C(NC1C2CCCOC2C1(C)C)N1CCN(CC(C)C)CC1. The van der Waals surface area contributed by atoms with Gasteiger partial charge in [-0.25, -0.2) is 0 Å². The van der Waals surface area contributed by atoms with Gasteiger partial charge < -0.3 is 15.0 Å². The second kappa shape index (κ2) is 7.20. The minimum atomic E-state index is 0.195. The summed E-state index contributed by atoms with van der Waals surface area (Å²) in [5.74, 6) is 2.47. The first-order valence-electron chi connectivity index (χ1n) is 9.75. The van der Waals surface area contributed by atoms with Gasteiger partial charge in [-0.05, 0) is 18.8 Å². The summed E-state index contributed by atoms with van der Waals surface area (Å²) < 4.78 is 6.03. The molecule has 5 nitrogen and oxygen atoms in total. The van der Waals surface area contributed by atoms with Crippen LogP contribution in [0.25, 0.3) is 0 Å². The van der Waals surface area contributed by atoms with Crippen molar-refractivity contribution in [3.05, 3.63) is 0 Å². The summed E-state index contributed by atoms with van der Waals surface area (Å²) in [6.45, 7) is 15.8. The van der Waals surface area contributed by atoms with Crippen LogP contribution in [0.5, 0.6) is 0 Å². The summed E-state index contributed by atoms with van der Waals surface area (Å²) in [5.41, 5.74) is 0.195. The molecule has 5 heteroatoms. The molecule has 2 aliphatic heterocycles. The summed E-state index contributed by atoms with van der Waals surface area (Å²) in [5, 5.41) is 3.80. The third kappa shape index (κ3) is 3.43. The maximum atomic E-state index is 6.03. The summed E-state index contributed by atoms with van der Waals surface area (Å²) in [7, 11) is 1.92. The van der Waals surface area contributed by atoms with Gasteiger partial charge in [-0.1, -0.05) is 27.7 Å². The molecule has 3 unspecified atom stereocenters. The molecule has 0 bridgehead atoms. The van der Waals surface area contributed by atoms with E-state index in [0.717, 1.165) is 44.7 Å². The zero-order valence-electron chi connectivity index (χ0n) is 16.2. The van der Waals surface area contributed by atoms with Gasteiger partial charge in [0.25, 0.3) is 0 Å². The van der Waals surface area contributed by atoms with Gasteiger partial charge in [0.05, 0.1) is 6.10 Å². The number of hydrogen-bond donors (Lipinski definition) is 1. The van der Waals surface area contributed by atoms with Crippen LogP contribution in [0.2, 0.25) is 0 Å². The fourth-order valence-corrected chi connectivity index (χ4v) is 4.91. The number of hydrogen-bond acceptors (Lipinski definition) is 3. The van der Waals surface area contributed by atoms with E-state index in [0.29, 0.717) is 18.1 Å². The average molecular weight is 337 g/mol. The van der Waals surface area contributed by atoms with Crippen molar-refractivity contribution >= 4 is 5.96 Å². The Bertz CT molecular complexity index is 454. The molecule has 24 heavy (non-hydrogen) atoms. The molecule has 0 aromatic heterocycles. The minimum absolute atomic E-state index is 0.195. The Morgan fingerprint density at radius 1 is 1.25 bits per heavy atom. The maximum absolute atomic E-state index is 6.03. The molecule has 1 saturated carbocycles. The van der Waals surface area contributed by atoms with Crippen molar-refractivity contribution < 1.29 is 4.74 Å². The molecule has 1 N–H and O–H groups in total. The smallest absolute Gasteiger partial charge is 0.193 e. The fraction of sp³-hybridized carbons (Fsp3) is 0.947. The molecule has 0 aromatic carbocycles. The summed E-state index contributed by atoms with van der Waals surface area (Å²) >= 11 is 0. The number of piperazine rings is 1. The molecule has 0 amide bonds. The second-order valence-electron chi connectivity index (χ2n) is 8.77. The first-order valence-corrected chi connectivity index (χ1v) is 9.75. The maximum Gasteiger partial charge on any atom is 0.193 e. The highest BCUT2D eigenvalue weighted by Crippen LogP contribution is 2.51. The van der Waals surface area contributed by atoms with Gasteiger partial charge in [0.15, 0.2) is 5.96 Å². The molecule has 0 radical (unpaired) electrons. The number of rotatable bonds is 3. The Labute approximate surface area is 147 Å². The van der Waals surface area contributed by atoms with E-state index in [4.69, 9.17) is 4.74 Å². The van der Waals surface area contributed by atoms with Crippen LogP contribution < -0.4 is 5.32 Å². The first kappa shape index (κ1) is 18.0. The van der Waals surface area contributed by atoms with Crippen LogP contribution in [0.4, 0.5) is 0 Å². The van der Waals surface area contributed by atoms with Crippen molar-refractivity contribution in [1.29, 1.82) is 0 Å². The van der Waals surface area contributed by atoms with Crippen LogP contribution in [0, 0.1) is 17.3 Å². The highest BCUT2D eigenvalue weighted by Gasteiger charge is 2.58. The van der Waals surface area contributed by atoms with Gasteiger partial charge in [0.2, 0.25) is 0 Å². The highest BCUT2D eigenvalue weighted by atomic mass is 16.5. The topological polar surface area (TPSA) is 40.1 Å². The largest absolute Gasteiger partial charge is 0.377 e. The molecule has 2 saturated heterocycles. The van der Waals surface area contributed by atoms with E-state index < -0.39 is 0 Å².